The molecule has 21 heavy (non-hydrogen) atoms. The van der Waals surface area contributed by atoms with E-state index >= 15 is 0 Å². The summed E-state index contributed by atoms with van der Waals surface area (Å²) in [4.78, 5) is 16.3. The molecule has 0 radical (unpaired) electrons. The fourth-order valence-corrected chi connectivity index (χ4v) is 1.79. The number of ether oxygens (including phenoxy) is 1. The van der Waals surface area contributed by atoms with Crippen molar-refractivity contribution in [2.24, 2.45) is 0 Å². The molecule has 0 unspecified atom stereocenters. The topological polar surface area (TPSA) is 91.2 Å². The van der Waals surface area contributed by atoms with E-state index in [0.29, 0.717) is 22.8 Å². The van der Waals surface area contributed by atoms with Gasteiger partial charge in [0, 0.05) is 11.8 Å². The number of aromatic nitrogens is 3. The number of nitrogens with zero attached hydrogens (tertiary/aromatic N) is 3. The Labute approximate surface area is 122 Å². The van der Waals surface area contributed by atoms with Crippen molar-refractivity contribution >= 4 is 5.97 Å². The van der Waals surface area contributed by atoms with Gasteiger partial charge in [0.15, 0.2) is 18.2 Å². The predicted molar refractivity (Wildman–Crippen MR) is 72.8 cm³/mol. The lowest BCUT2D eigenvalue weighted by molar-refractivity contribution is 0.0426. The van der Waals surface area contributed by atoms with Crippen molar-refractivity contribution in [2.45, 2.75) is 53.1 Å². The first-order valence-electron chi connectivity index (χ1n) is 6.86. The second-order valence-electron chi connectivity index (χ2n) is 5.44. The van der Waals surface area contributed by atoms with Crippen LogP contribution in [0.15, 0.2) is 9.05 Å². The van der Waals surface area contributed by atoms with Crippen molar-refractivity contribution in [3.8, 4) is 0 Å². The van der Waals surface area contributed by atoms with Gasteiger partial charge in [-0.1, -0.05) is 38.0 Å². The van der Waals surface area contributed by atoms with Gasteiger partial charge in [-0.2, -0.15) is 4.98 Å². The van der Waals surface area contributed by atoms with Crippen LogP contribution in [0, 0.1) is 6.92 Å². The highest BCUT2D eigenvalue weighted by molar-refractivity contribution is 5.91. The largest absolute Gasteiger partial charge is 0.452 e. The highest BCUT2D eigenvalue weighted by atomic mass is 16.6. The van der Waals surface area contributed by atoms with Gasteiger partial charge in [0.25, 0.3) is 5.89 Å². The van der Waals surface area contributed by atoms with Gasteiger partial charge in [-0.15, -0.1) is 0 Å². The van der Waals surface area contributed by atoms with E-state index in [1.165, 1.54) is 0 Å². The maximum atomic E-state index is 12.2. The molecule has 7 heteroatoms. The summed E-state index contributed by atoms with van der Waals surface area (Å²) in [5.41, 5.74) is 0.880. The number of hydrogen-bond donors (Lipinski definition) is 0. The van der Waals surface area contributed by atoms with Crippen LogP contribution in [0.2, 0.25) is 0 Å². The van der Waals surface area contributed by atoms with Crippen LogP contribution in [-0.2, 0) is 11.3 Å². The standard InChI is InChI=1S/C14H19N3O4/c1-7(2)12-11(9(5)16-21-12)14(18)19-6-10-15-13(8(3)4)17-20-10/h7-8H,6H2,1-5H3. The fraction of sp³-hybridized carbons (Fsp3) is 0.571. The van der Waals surface area contributed by atoms with Crippen LogP contribution < -0.4 is 0 Å². The third kappa shape index (κ3) is 3.29. The summed E-state index contributed by atoms with van der Waals surface area (Å²) in [5.74, 6) is 1.08. The predicted octanol–water partition coefficient (Wildman–Crippen LogP) is 2.97. The summed E-state index contributed by atoms with van der Waals surface area (Å²) in [7, 11) is 0. The number of carbonyl (C=O) groups is 1. The minimum absolute atomic E-state index is 0.0460. The summed E-state index contributed by atoms with van der Waals surface area (Å²) in [6.45, 7) is 9.38. The highest BCUT2D eigenvalue weighted by Gasteiger charge is 2.24. The average Bonchev–Trinajstić information content (AvgIpc) is 3.02. The first kappa shape index (κ1) is 15.2. The Morgan fingerprint density at radius 2 is 1.86 bits per heavy atom. The Balaban J connectivity index is 2.06. The molecule has 0 saturated heterocycles. The van der Waals surface area contributed by atoms with Crippen molar-refractivity contribution in [1.29, 1.82) is 0 Å². The number of esters is 1. The molecule has 2 rings (SSSR count). The monoisotopic (exact) mass is 293 g/mol. The maximum Gasteiger partial charge on any atom is 0.344 e. The van der Waals surface area contributed by atoms with E-state index < -0.39 is 5.97 Å². The second-order valence-corrected chi connectivity index (χ2v) is 5.44. The molecule has 7 nitrogen and oxygen atoms in total. The third-order valence-electron chi connectivity index (χ3n) is 2.94. The Kier molecular flexibility index (Phi) is 4.40. The van der Waals surface area contributed by atoms with E-state index in [4.69, 9.17) is 13.8 Å². The molecule has 0 saturated carbocycles. The lowest BCUT2D eigenvalue weighted by atomic mass is 10.1. The molecule has 0 aliphatic carbocycles. The van der Waals surface area contributed by atoms with Gasteiger partial charge in [-0.3, -0.25) is 0 Å². The molecule has 114 valence electrons. The molecule has 2 heterocycles. The number of hydrogen-bond acceptors (Lipinski definition) is 7. The molecule has 0 spiro atoms. The molecule has 0 bridgehead atoms. The zero-order chi connectivity index (χ0) is 15.6. The van der Waals surface area contributed by atoms with E-state index in [-0.39, 0.29) is 24.3 Å². The van der Waals surface area contributed by atoms with Crippen LogP contribution >= 0.6 is 0 Å². The van der Waals surface area contributed by atoms with Crippen LogP contribution in [0.25, 0.3) is 0 Å². The number of aryl methyl sites for hydroxylation is 1. The summed E-state index contributed by atoms with van der Waals surface area (Å²) < 4.78 is 15.4. The molecular formula is C14H19N3O4. The van der Waals surface area contributed by atoms with Gasteiger partial charge in [0.1, 0.15) is 5.56 Å². The average molecular weight is 293 g/mol. The van der Waals surface area contributed by atoms with E-state index in [1.54, 1.807) is 6.92 Å². The van der Waals surface area contributed by atoms with Gasteiger partial charge in [0.05, 0.1) is 5.69 Å². The Morgan fingerprint density at radius 1 is 1.14 bits per heavy atom. The molecule has 2 aromatic rings. The SMILES string of the molecule is Cc1noc(C(C)C)c1C(=O)OCc1nc(C(C)C)no1. The van der Waals surface area contributed by atoms with Crippen LogP contribution in [0.5, 0.6) is 0 Å². The van der Waals surface area contributed by atoms with Crippen LogP contribution in [0.3, 0.4) is 0 Å². The minimum Gasteiger partial charge on any atom is -0.452 e. The van der Waals surface area contributed by atoms with Crippen molar-refractivity contribution in [2.75, 3.05) is 0 Å². The highest BCUT2D eigenvalue weighted by Crippen LogP contribution is 2.23. The molecule has 0 N–H and O–H groups in total. The van der Waals surface area contributed by atoms with Gasteiger partial charge in [0.2, 0.25) is 0 Å². The second kappa shape index (κ2) is 6.07. The van der Waals surface area contributed by atoms with E-state index in [2.05, 4.69) is 15.3 Å². The van der Waals surface area contributed by atoms with Crippen molar-refractivity contribution in [1.82, 2.24) is 15.3 Å². The lowest BCUT2D eigenvalue weighted by Gasteiger charge is -2.04. The summed E-state index contributed by atoms with van der Waals surface area (Å²) in [5, 5.41) is 7.63. The molecule has 0 aliphatic rings. The molecule has 0 aromatic carbocycles. The summed E-state index contributed by atoms with van der Waals surface area (Å²) >= 11 is 0. The number of carbonyl (C=O) groups excluding carboxylic acids is 1. The van der Waals surface area contributed by atoms with E-state index in [1.807, 2.05) is 27.7 Å². The normalized spacial score (nSPS) is 11.4. The van der Waals surface area contributed by atoms with Crippen LogP contribution in [0.1, 0.15) is 73.1 Å². The van der Waals surface area contributed by atoms with Gasteiger partial charge >= 0.3 is 5.97 Å². The smallest absolute Gasteiger partial charge is 0.344 e. The Bertz CT molecular complexity index is 628. The molecule has 2 aromatic heterocycles. The third-order valence-corrected chi connectivity index (χ3v) is 2.94. The first-order chi connectivity index (χ1) is 9.90. The fourth-order valence-electron chi connectivity index (χ4n) is 1.79. The molecular weight excluding hydrogens is 274 g/mol. The lowest BCUT2D eigenvalue weighted by Crippen LogP contribution is -2.09. The van der Waals surface area contributed by atoms with Gasteiger partial charge in [-0.25, -0.2) is 4.79 Å². The zero-order valence-electron chi connectivity index (χ0n) is 12.8. The quantitative estimate of drug-likeness (QED) is 0.782. The zero-order valence-corrected chi connectivity index (χ0v) is 12.8. The van der Waals surface area contributed by atoms with Crippen LogP contribution in [0.4, 0.5) is 0 Å². The summed E-state index contributed by atoms with van der Waals surface area (Å²) in [6.07, 6.45) is 0. The molecule has 0 fully saturated rings. The Hall–Kier alpha value is -2.18. The van der Waals surface area contributed by atoms with Gasteiger partial charge in [-0.05, 0) is 6.92 Å². The van der Waals surface area contributed by atoms with Crippen molar-refractivity contribution in [3.05, 3.63) is 28.7 Å². The van der Waals surface area contributed by atoms with Crippen molar-refractivity contribution < 1.29 is 18.6 Å². The van der Waals surface area contributed by atoms with E-state index in [0.717, 1.165) is 0 Å². The maximum absolute atomic E-state index is 12.2. The first-order valence-corrected chi connectivity index (χ1v) is 6.86. The summed E-state index contributed by atoms with van der Waals surface area (Å²) in [6, 6.07) is 0. The molecule has 0 atom stereocenters. The van der Waals surface area contributed by atoms with Crippen molar-refractivity contribution in [3.63, 3.8) is 0 Å². The van der Waals surface area contributed by atoms with E-state index in [9.17, 15) is 4.79 Å². The number of rotatable bonds is 5. The van der Waals surface area contributed by atoms with Crippen LogP contribution in [-0.4, -0.2) is 21.3 Å². The molecule has 0 aliphatic heterocycles. The minimum atomic E-state index is -0.498. The molecule has 0 amide bonds. The Morgan fingerprint density at radius 3 is 2.43 bits per heavy atom. The van der Waals surface area contributed by atoms with Gasteiger partial charge < -0.3 is 13.8 Å².